The highest BCUT2D eigenvalue weighted by Crippen LogP contribution is 2.26. The van der Waals surface area contributed by atoms with E-state index in [1.54, 1.807) is 0 Å². The Hall–Kier alpha value is -0.643. The zero-order chi connectivity index (χ0) is 11.9. The van der Waals surface area contributed by atoms with Gasteiger partial charge >= 0.3 is 0 Å². The van der Waals surface area contributed by atoms with Crippen LogP contribution in [0, 0.1) is 6.92 Å². The summed E-state index contributed by atoms with van der Waals surface area (Å²) in [6, 6.07) is 2.14. The topological polar surface area (TPSA) is 29.5 Å². The van der Waals surface area contributed by atoms with E-state index in [1.165, 1.54) is 21.9 Å². The first-order chi connectivity index (χ1) is 7.45. The summed E-state index contributed by atoms with van der Waals surface area (Å²) in [5.74, 6) is 0. The van der Waals surface area contributed by atoms with Crippen LogP contribution in [0.4, 0.5) is 0 Å². The first kappa shape index (κ1) is 11.8. The predicted molar refractivity (Wildman–Crippen MR) is 68.6 cm³/mol. The van der Waals surface area contributed by atoms with Crippen LogP contribution in [0.15, 0.2) is 6.07 Å². The second-order valence-electron chi connectivity index (χ2n) is 5.59. The van der Waals surface area contributed by atoms with Gasteiger partial charge in [-0.1, -0.05) is 25.7 Å². The fourth-order valence-corrected chi connectivity index (χ4v) is 4.92. The molecule has 1 aliphatic heterocycles. The molecule has 0 fully saturated rings. The third-order valence-electron chi connectivity index (χ3n) is 3.27. The van der Waals surface area contributed by atoms with Gasteiger partial charge in [0.25, 0.3) is 0 Å². The maximum absolute atomic E-state index is 9.52. The van der Waals surface area contributed by atoms with Crippen molar-refractivity contribution in [1.82, 2.24) is 0 Å². The number of hydrogen-bond acceptors (Lipinski definition) is 2. The normalized spacial score (nSPS) is 15.3. The monoisotopic (exact) mass is 236 g/mol. The summed E-state index contributed by atoms with van der Waals surface area (Å²) in [7, 11) is -1.42. The molecule has 0 spiro atoms. The standard InChI is InChI=1S/C13H20O2Si/c1-9-5-10(6-14)13(16(2,3)4)12-8-15-7-11(9)12/h5,14H,6-8H2,1-4H3. The van der Waals surface area contributed by atoms with Crippen LogP contribution in [0.3, 0.4) is 0 Å². The molecule has 2 rings (SSSR count). The fourth-order valence-electron chi connectivity index (χ4n) is 2.68. The van der Waals surface area contributed by atoms with E-state index < -0.39 is 8.07 Å². The largest absolute Gasteiger partial charge is 0.392 e. The van der Waals surface area contributed by atoms with Gasteiger partial charge in [0.1, 0.15) is 0 Å². The van der Waals surface area contributed by atoms with Gasteiger partial charge in [-0.25, -0.2) is 0 Å². The molecule has 1 aromatic rings. The summed E-state index contributed by atoms with van der Waals surface area (Å²) in [4.78, 5) is 0. The smallest absolute Gasteiger partial charge is 0.0785 e. The van der Waals surface area contributed by atoms with E-state index in [-0.39, 0.29) is 6.61 Å². The highest BCUT2D eigenvalue weighted by molar-refractivity contribution is 6.89. The zero-order valence-corrected chi connectivity index (χ0v) is 11.6. The van der Waals surface area contributed by atoms with Crippen molar-refractivity contribution in [2.45, 2.75) is 46.4 Å². The van der Waals surface area contributed by atoms with Crippen LogP contribution in [-0.4, -0.2) is 13.2 Å². The first-order valence-electron chi connectivity index (χ1n) is 5.78. The molecule has 0 aliphatic carbocycles. The summed E-state index contributed by atoms with van der Waals surface area (Å²) in [5.41, 5.74) is 5.09. The van der Waals surface area contributed by atoms with E-state index in [9.17, 15) is 5.11 Å². The Morgan fingerprint density at radius 2 is 1.88 bits per heavy atom. The molecule has 0 radical (unpaired) electrons. The Balaban J connectivity index is 2.70. The number of fused-ring (bicyclic) bond motifs is 1. The van der Waals surface area contributed by atoms with Crippen molar-refractivity contribution in [2.24, 2.45) is 0 Å². The minimum Gasteiger partial charge on any atom is -0.392 e. The second kappa shape index (κ2) is 3.98. The van der Waals surface area contributed by atoms with E-state index in [2.05, 4.69) is 32.6 Å². The number of rotatable bonds is 2. The van der Waals surface area contributed by atoms with Crippen molar-refractivity contribution in [3.63, 3.8) is 0 Å². The molecule has 0 saturated carbocycles. The lowest BCUT2D eigenvalue weighted by Crippen LogP contribution is -2.43. The fraction of sp³-hybridized carbons (Fsp3) is 0.538. The third kappa shape index (κ3) is 1.83. The van der Waals surface area contributed by atoms with Gasteiger partial charge in [0.15, 0.2) is 0 Å². The van der Waals surface area contributed by atoms with E-state index in [0.717, 1.165) is 18.8 Å². The first-order valence-corrected chi connectivity index (χ1v) is 9.28. The van der Waals surface area contributed by atoms with Crippen LogP contribution >= 0.6 is 0 Å². The van der Waals surface area contributed by atoms with Gasteiger partial charge in [0, 0.05) is 0 Å². The average Bonchev–Trinajstić information content (AvgIpc) is 2.63. The number of hydrogen-bond donors (Lipinski definition) is 1. The minimum absolute atomic E-state index is 0.147. The Morgan fingerprint density at radius 1 is 1.25 bits per heavy atom. The van der Waals surface area contributed by atoms with Gasteiger partial charge in [0.05, 0.1) is 27.9 Å². The lowest BCUT2D eigenvalue weighted by atomic mass is 10.0. The van der Waals surface area contributed by atoms with Crippen molar-refractivity contribution < 1.29 is 9.84 Å². The van der Waals surface area contributed by atoms with Crippen LogP contribution in [0.1, 0.15) is 22.3 Å². The lowest BCUT2D eigenvalue weighted by Gasteiger charge is -2.24. The van der Waals surface area contributed by atoms with Gasteiger partial charge in [-0.2, -0.15) is 0 Å². The Kier molecular flexibility index (Phi) is 2.95. The summed E-state index contributed by atoms with van der Waals surface area (Å²) >= 11 is 0. The molecule has 1 aromatic carbocycles. The molecular weight excluding hydrogens is 216 g/mol. The molecular formula is C13H20O2Si. The molecule has 16 heavy (non-hydrogen) atoms. The Morgan fingerprint density at radius 3 is 2.44 bits per heavy atom. The van der Waals surface area contributed by atoms with E-state index in [0.29, 0.717) is 0 Å². The predicted octanol–water partition coefficient (Wildman–Crippen LogP) is 2.06. The molecule has 0 amide bonds. The molecule has 88 valence electrons. The second-order valence-corrected chi connectivity index (χ2v) is 10.6. The Bertz CT molecular complexity index is 419. The molecule has 1 N–H and O–H groups in total. The SMILES string of the molecule is Cc1cc(CO)c([Si](C)(C)C)c2c1COC2. The van der Waals surface area contributed by atoms with Crippen molar-refractivity contribution in [2.75, 3.05) is 0 Å². The third-order valence-corrected chi connectivity index (χ3v) is 5.39. The van der Waals surface area contributed by atoms with Crippen LogP contribution in [0.2, 0.25) is 19.6 Å². The molecule has 2 nitrogen and oxygen atoms in total. The molecule has 1 heterocycles. The zero-order valence-electron chi connectivity index (χ0n) is 10.6. The van der Waals surface area contributed by atoms with Gasteiger partial charge < -0.3 is 9.84 Å². The molecule has 0 saturated heterocycles. The molecule has 1 aliphatic rings. The van der Waals surface area contributed by atoms with Crippen molar-refractivity contribution in [3.05, 3.63) is 28.3 Å². The Labute approximate surface area is 98.3 Å². The van der Waals surface area contributed by atoms with E-state index >= 15 is 0 Å². The van der Waals surface area contributed by atoms with Gasteiger partial charge in [-0.05, 0) is 34.4 Å². The quantitative estimate of drug-likeness (QED) is 0.797. The van der Waals surface area contributed by atoms with Crippen molar-refractivity contribution >= 4 is 13.3 Å². The lowest BCUT2D eigenvalue weighted by molar-refractivity contribution is 0.134. The van der Waals surface area contributed by atoms with Gasteiger partial charge in [0.2, 0.25) is 0 Å². The van der Waals surface area contributed by atoms with Crippen LogP contribution in [-0.2, 0) is 24.6 Å². The van der Waals surface area contributed by atoms with Gasteiger partial charge in [-0.15, -0.1) is 0 Å². The summed E-state index contributed by atoms with van der Waals surface area (Å²) < 4.78 is 5.57. The molecule has 0 bridgehead atoms. The average molecular weight is 236 g/mol. The van der Waals surface area contributed by atoms with Crippen molar-refractivity contribution in [1.29, 1.82) is 0 Å². The maximum Gasteiger partial charge on any atom is 0.0785 e. The van der Waals surface area contributed by atoms with Crippen LogP contribution in [0.25, 0.3) is 0 Å². The van der Waals surface area contributed by atoms with E-state index in [1.807, 2.05) is 0 Å². The molecule has 0 aromatic heterocycles. The number of aliphatic hydroxyl groups excluding tert-OH is 1. The molecule has 0 unspecified atom stereocenters. The number of aliphatic hydroxyl groups is 1. The summed E-state index contributed by atoms with van der Waals surface area (Å²) in [5, 5.41) is 10.9. The van der Waals surface area contributed by atoms with E-state index in [4.69, 9.17) is 4.74 Å². The molecule has 3 heteroatoms. The number of ether oxygens (including phenoxy) is 1. The number of aryl methyl sites for hydroxylation is 1. The highest BCUT2D eigenvalue weighted by atomic mass is 28.3. The maximum atomic E-state index is 9.52. The minimum atomic E-state index is -1.42. The van der Waals surface area contributed by atoms with Gasteiger partial charge in [-0.3, -0.25) is 0 Å². The van der Waals surface area contributed by atoms with Crippen molar-refractivity contribution in [3.8, 4) is 0 Å². The summed E-state index contributed by atoms with van der Waals surface area (Å²) in [6.07, 6.45) is 0. The molecule has 0 atom stereocenters. The summed E-state index contributed by atoms with van der Waals surface area (Å²) in [6.45, 7) is 10.7. The van der Waals surface area contributed by atoms with Crippen LogP contribution < -0.4 is 5.19 Å². The highest BCUT2D eigenvalue weighted by Gasteiger charge is 2.28. The number of benzene rings is 1. The van der Waals surface area contributed by atoms with Crippen LogP contribution in [0.5, 0.6) is 0 Å².